The number of halogens is 1. The Hall–Kier alpha value is -1.73. The molecule has 0 N–H and O–H groups in total. The Bertz CT molecular complexity index is 451. The SMILES string of the molecule is CCOC(=O)c1cc(C#N)cc(OC)c1Cl. The lowest BCUT2D eigenvalue weighted by atomic mass is 10.1. The van der Waals surface area contributed by atoms with Crippen LogP contribution in [0, 0.1) is 11.3 Å². The second-order valence-electron chi connectivity index (χ2n) is 2.87. The number of hydrogen-bond acceptors (Lipinski definition) is 4. The Morgan fingerprint density at radius 1 is 1.56 bits per heavy atom. The largest absolute Gasteiger partial charge is 0.495 e. The van der Waals surface area contributed by atoms with Gasteiger partial charge in [-0.1, -0.05) is 11.6 Å². The molecule has 16 heavy (non-hydrogen) atoms. The third-order valence-corrected chi connectivity index (χ3v) is 2.27. The minimum Gasteiger partial charge on any atom is -0.495 e. The first kappa shape index (κ1) is 12.3. The molecule has 1 aromatic carbocycles. The van der Waals surface area contributed by atoms with E-state index in [0.717, 1.165) is 0 Å². The van der Waals surface area contributed by atoms with Crippen molar-refractivity contribution < 1.29 is 14.3 Å². The highest BCUT2D eigenvalue weighted by Crippen LogP contribution is 2.30. The number of ether oxygens (including phenoxy) is 2. The number of rotatable bonds is 3. The number of nitriles is 1. The first-order chi connectivity index (χ1) is 7.63. The van der Waals surface area contributed by atoms with Crippen LogP contribution in [0.15, 0.2) is 12.1 Å². The van der Waals surface area contributed by atoms with E-state index in [-0.39, 0.29) is 22.9 Å². The van der Waals surface area contributed by atoms with Gasteiger partial charge in [-0.2, -0.15) is 5.26 Å². The number of carbonyl (C=O) groups is 1. The van der Waals surface area contributed by atoms with Crippen LogP contribution in [0.2, 0.25) is 5.02 Å². The van der Waals surface area contributed by atoms with E-state index in [2.05, 4.69) is 0 Å². The highest BCUT2D eigenvalue weighted by atomic mass is 35.5. The molecule has 0 radical (unpaired) electrons. The minimum atomic E-state index is -0.567. The first-order valence-electron chi connectivity index (χ1n) is 4.58. The first-order valence-corrected chi connectivity index (χ1v) is 4.96. The van der Waals surface area contributed by atoms with Crippen molar-refractivity contribution in [2.24, 2.45) is 0 Å². The van der Waals surface area contributed by atoms with E-state index in [4.69, 9.17) is 26.3 Å². The number of methoxy groups -OCH3 is 1. The van der Waals surface area contributed by atoms with E-state index in [0.29, 0.717) is 5.56 Å². The van der Waals surface area contributed by atoms with Crippen molar-refractivity contribution in [1.82, 2.24) is 0 Å². The second-order valence-corrected chi connectivity index (χ2v) is 3.25. The maximum absolute atomic E-state index is 11.5. The summed E-state index contributed by atoms with van der Waals surface area (Å²) in [6.07, 6.45) is 0. The van der Waals surface area contributed by atoms with Gasteiger partial charge in [-0.3, -0.25) is 0 Å². The predicted molar refractivity (Wildman–Crippen MR) is 58.7 cm³/mol. The van der Waals surface area contributed by atoms with Gasteiger partial charge in [-0.25, -0.2) is 4.79 Å². The molecule has 0 heterocycles. The number of esters is 1. The molecule has 0 unspecified atom stereocenters. The molecule has 0 fully saturated rings. The van der Waals surface area contributed by atoms with Crippen LogP contribution in [0.5, 0.6) is 5.75 Å². The van der Waals surface area contributed by atoms with E-state index in [9.17, 15) is 4.79 Å². The van der Waals surface area contributed by atoms with Crippen LogP contribution >= 0.6 is 11.6 Å². The molecule has 0 saturated carbocycles. The molecule has 1 rings (SSSR count). The van der Waals surface area contributed by atoms with Gasteiger partial charge < -0.3 is 9.47 Å². The Morgan fingerprint density at radius 2 is 2.25 bits per heavy atom. The van der Waals surface area contributed by atoms with Gasteiger partial charge in [0.15, 0.2) is 0 Å². The third-order valence-electron chi connectivity index (χ3n) is 1.88. The second kappa shape index (κ2) is 5.38. The van der Waals surface area contributed by atoms with Crippen molar-refractivity contribution in [2.45, 2.75) is 6.92 Å². The molecule has 4 nitrogen and oxygen atoms in total. The molecule has 5 heteroatoms. The average molecular weight is 240 g/mol. The highest BCUT2D eigenvalue weighted by Gasteiger charge is 2.17. The predicted octanol–water partition coefficient (Wildman–Crippen LogP) is 2.40. The molecule has 1 aromatic rings. The molecule has 0 aliphatic heterocycles. The van der Waals surface area contributed by atoms with E-state index < -0.39 is 5.97 Å². The number of carbonyl (C=O) groups excluding carboxylic acids is 1. The van der Waals surface area contributed by atoms with E-state index in [1.54, 1.807) is 6.92 Å². The number of benzene rings is 1. The van der Waals surface area contributed by atoms with Gasteiger partial charge in [0.2, 0.25) is 0 Å². The zero-order chi connectivity index (χ0) is 12.1. The summed E-state index contributed by atoms with van der Waals surface area (Å²) in [5.41, 5.74) is 0.434. The van der Waals surface area contributed by atoms with Gasteiger partial charge in [-0.05, 0) is 19.1 Å². The molecule has 84 valence electrons. The zero-order valence-corrected chi connectivity index (χ0v) is 9.67. The van der Waals surface area contributed by atoms with Gasteiger partial charge in [0.1, 0.15) is 5.75 Å². The fourth-order valence-electron chi connectivity index (χ4n) is 1.17. The lowest BCUT2D eigenvalue weighted by Gasteiger charge is -2.08. The summed E-state index contributed by atoms with van der Waals surface area (Å²) in [6, 6.07) is 4.76. The van der Waals surface area contributed by atoms with Crippen LogP contribution in [0.25, 0.3) is 0 Å². The van der Waals surface area contributed by atoms with Gasteiger partial charge in [-0.15, -0.1) is 0 Å². The van der Waals surface area contributed by atoms with Crippen LogP contribution < -0.4 is 4.74 Å². The van der Waals surface area contributed by atoms with Crippen molar-refractivity contribution in [1.29, 1.82) is 5.26 Å². The zero-order valence-electron chi connectivity index (χ0n) is 8.91. The Kier molecular flexibility index (Phi) is 4.15. The summed E-state index contributed by atoms with van der Waals surface area (Å²) in [4.78, 5) is 11.5. The van der Waals surface area contributed by atoms with Gasteiger partial charge in [0, 0.05) is 0 Å². The molecular weight excluding hydrogens is 230 g/mol. The summed E-state index contributed by atoms with van der Waals surface area (Å²) in [5.74, 6) is -0.285. The molecule has 0 aliphatic carbocycles. The Morgan fingerprint density at radius 3 is 2.75 bits per heavy atom. The maximum atomic E-state index is 11.5. The summed E-state index contributed by atoms with van der Waals surface area (Å²) >= 11 is 5.93. The molecule has 0 aliphatic rings. The van der Waals surface area contributed by atoms with Crippen LogP contribution in [-0.2, 0) is 4.74 Å². The number of nitrogens with zero attached hydrogens (tertiary/aromatic N) is 1. The van der Waals surface area contributed by atoms with Crippen LogP contribution in [0.3, 0.4) is 0 Å². The van der Waals surface area contributed by atoms with Crippen molar-refractivity contribution in [2.75, 3.05) is 13.7 Å². The normalized spacial score (nSPS) is 9.38. The van der Waals surface area contributed by atoms with Gasteiger partial charge >= 0.3 is 5.97 Å². The molecule has 0 spiro atoms. The van der Waals surface area contributed by atoms with Gasteiger partial charge in [0.05, 0.1) is 35.9 Å². The lowest BCUT2D eigenvalue weighted by molar-refractivity contribution is 0.0526. The van der Waals surface area contributed by atoms with Crippen molar-refractivity contribution >= 4 is 17.6 Å². The van der Waals surface area contributed by atoms with E-state index in [1.807, 2.05) is 6.07 Å². The summed E-state index contributed by atoms with van der Waals surface area (Å²) in [7, 11) is 1.41. The maximum Gasteiger partial charge on any atom is 0.339 e. The third kappa shape index (κ3) is 2.44. The smallest absolute Gasteiger partial charge is 0.339 e. The van der Waals surface area contributed by atoms with Gasteiger partial charge in [0.25, 0.3) is 0 Å². The Labute approximate surface area is 98.3 Å². The minimum absolute atomic E-state index is 0.138. The van der Waals surface area contributed by atoms with Crippen molar-refractivity contribution in [3.8, 4) is 11.8 Å². The monoisotopic (exact) mass is 239 g/mol. The fraction of sp³-hybridized carbons (Fsp3) is 0.273. The molecule has 0 atom stereocenters. The molecular formula is C11H10ClNO3. The topological polar surface area (TPSA) is 59.3 Å². The van der Waals surface area contributed by atoms with E-state index >= 15 is 0 Å². The standard InChI is InChI=1S/C11H10ClNO3/c1-3-16-11(14)8-4-7(6-13)5-9(15-2)10(8)12/h4-5H,3H2,1-2H3. The van der Waals surface area contributed by atoms with Crippen molar-refractivity contribution in [3.63, 3.8) is 0 Å². The van der Waals surface area contributed by atoms with Crippen LogP contribution in [0.4, 0.5) is 0 Å². The number of hydrogen-bond donors (Lipinski definition) is 0. The quantitative estimate of drug-likeness (QED) is 0.760. The highest BCUT2D eigenvalue weighted by molar-refractivity contribution is 6.35. The van der Waals surface area contributed by atoms with E-state index in [1.165, 1.54) is 19.2 Å². The molecule has 0 saturated heterocycles. The molecule has 0 bridgehead atoms. The lowest BCUT2D eigenvalue weighted by Crippen LogP contribution is -2.06. The summed E-state index contributed by atoms with van der Waals surface area (Å²) in [6.45, 7) is 1.94. The fourth-order valence-corrected chi connectivity index (χ4v) is 1.43. The summed E-state index contributed by atoms with van der Waals surface area (Å²) < 4.78 is 9.79. The Balaban J connectivity index is 3.27. The van der Waals surface area contributed by atoms with Crippen LogP contribution in [-0.4, -0.2) is 19.7 Å². The summed E-state index contributed by atoms with van der Waals surface area (Å²) in [5, 5.41) is 8.94. The molecule has 0 aromatic heterocycles. The van der Waals surface area contributed by atoms with Crippen LogP contribution in [0.1, 0.15) is 22.8 Å². The average Bonchev–Trinajstić information content (AvgIpc) is 2.29. The van der Waals surface area contributed by atoms with Crippen molar-refractivity contribution in [3.05, 3.63) is 28.3 Å². The molecule has 0 amide bonds.